The first-order chi connectivity index (χ1) is 14.8. The van der Waals surface area contributed by atoms with Gasteiger partial charge in [-0.3, -0.25) is 9.69 Å². The normalized spacial score (nSPS) is 12.2. The van der Waals surface area contributed by atoms with Gasteiger partial charge in [-0.05, 0) is 36.4 Å². The van der Waals surface area contributed by atoms with Crippen molar-refractivity contribution in [3.8, 4) is 0 Å². The van der Waals surface area contributed by atoms with Crippen LogP contribution in [-0.2, 0) is 4.79 Å². The van der Waals surface area contributed by atoms with Gasteiger partial charge in [-0.1, -0.05) is 77.3 Å². The summed E-state index contributed by atoms with van der Waals surface area (Å²) >= 11 is 4.55. The molecule has 0 aliphatic carbocycles. The Bertz CT molecular complexity index is 1150. The summed E-state index contributed by atoms with van der Waals surface area (Å²) in [5, 5.41) is 12.3. The number of para-hydroxylation sites is 3. The second kappa shape index (κ2) is 8.51. The van der Waals surface area contributed by atoms with E-state index < -0.39 is 0 Å². The first kappa shape index (κ1) is 19.2. The Morgan fingerprint density at radius 1 is 0.867 bits per heavy atom. The predicted molar refractivity (Wildman–Crippen MR) is 125 cm³/mol. The molecule has 1 N–H and O–H groups in total. The summed E-state index contributed by atoms with van der Waals surface area (Å²) in [6, 6.07) is 25.9. The van der Waals surface area contributed by atoms with Crippen molar-refractivity contribution < 1.29 is 4.79 Å². The molecule has 0 saturated carbocycles. The molecule has 5 rings (SSSR count). The molecule has 8 heteroatoms. The van der Waals surface area contributed by atoms with Crippen LogP contribution in [0.4, 0.5) is 22.2 Å². The zero-order valence-electron chi connectivity index (χ0n) is 15.7. The van der Waals surface area contributed by atoms with E-state index >= 15 is 0 Å². The monoisotopic (exact) mass is 448 g/mol. The van der Waals surface area contributed by atoms with Crippen LogP contribution in [-0.4, -0.2) is 21.9 Å². The highest BCUT2D eigenvalue weighted by molar-refractivity contribution is 8.01. The van der Waals surface area contributed by atoms with Crippen LogP contribution in [0.1, 0.15) is 0 Å². The van der Waals surface area contributed by atoms with Gasteiger partial charge in [0, 0.05) is 15.5 Å². The Hall–Kier alpha value is -2.81. The summed E-state index contributed by atoms with van der Waals surface area (Å²) in [5.74, 6) is 0.306. The van der Waals surface area contributed by atoms with E-state index in [1.807, 2.05) is 71.6 Å². The van der Waals surface area contributed by atoms with Crippen LogP contribution in [0.15, 0.2) is 93.0 Å². The van der Waals surface area contributed by atoms with E-state index in [9.17, 15) is 4.79 Å². The molecule has 1 aliphatic rings. The molecule has 0 radical (unpaired) electrons. The lowest BCUT2D eigenvalue weighted by atomic mass is 10.2. The second-order valence-corrected chi connectivity index (χ2v) is 9.70. The number of amides is 1. The van der Waals surface area contributed by atoms with Crippen molar-refractivity contribution in [2.45, 2.75) is 14.1 Å². The molecule has 2 heterocycles. The fraction of sp³-hybridized carbons (Fsp3) is 0.0455. The van der Waals surface area contributed by atoms with Crippen LogP contribution in [0.2, 0.25) is 0 Å². The van der Waals surface area contributed by atoms with Gasteiger partial charge in [0.25, 0.3) is 0 Å². The summed E-state index contributed by atoms with van der Waals surface area (Å²) < 4.78 is 0.759. The minimum atomic E-state index is 0.0213. The molecule has 30 heavy (non-hydrogen) atoms. The number of carbonyl (C=O) groups excluding carboxylic acids is 1. The van der Waals surface area contributed by atoms with Crippen molar-refractivity contribution in [2.75, 3.05) is 16.0 Å². The first-order valence-corrected chi connectivity index (χ1v) is 11.9. The number of thioether (sulfide) groups is 1. The number of aromatic nitrogens is 2. The van der Waals surface area contributed by atoms with Gasteiger partial charge in [0.2, 0.25) is 11.0 Å². The molecule has 0 fully saturated rings. The number of fused-ring (bicyclic) bond motifs is 2. The van der Waals surface area contributed by atoms with Crippen LogP contribution in [0.3, 0.4) is 0 Å². The van der Waals surface area contributed by atoms with Crippen LogP contribution in [0.5, 0.6) is 0 Å². The highest BCUT2D eigenvalue weighted by atomic mass is 32.2. The molecule has 0 atom stereocenters. The molecule has 1 aromatic heterocycles. The van der Waals surface area contributed by atoms with Crippen molar-refractivity contribution >= 4 is 63.0 Å². The summed E-state index contributed by atoms with van der Waals surface area (Å²) in [5.41, 5.74) is 2.81. The highest BCUT2D eigenvalue weighted by Gasteiger charge is 2.27. The molecular weight excluding hydrogens is 432 g/mol. The lowest BCUT2D eigenvalue weighted by molar-refractivity contribution is -0.115. The molecule has 1 aliphatic heterocycles. The summed E-state index contributed by atoms with van der Waals surface area (Å²) in [4.78, 5) is 17.2. The Morgan fingerprint density at radius 2 is 1.50 bits per heavy atom. The molecule has 0 saturated heterocycles. The second-order valence-electron chi connectivity index (χ2n) is 6.42. The van der Waals surface area contributed by atoms with Crippen molar-refractivity contribution in [3.63, 3.8) is 0 Å². The number of hydrogen-bond donors (Lipinski definition) is 1. The number of benzene rings is 3. The molecule has 0 spiro atoms. The van der Waals surface area contributed by atoms with Crippen molar-refractivity contribution in [1.82, 2.24) is 10.2 Å². The Kier molecular flexibility index (Phi) is 5.44. The van der Waals surface area contributed by atoms with E-state index in [4.69, 9.17) is 0 Å². The average Bonchev–Trinajstić information content (AvgIpc) is 3.23. The van der Waals surface area contributed by atoms with Crippen LogP contribution in [0.25, 0.3) is 0 Å². The predicted octanol–water partition coefficient (Wildman–Crippen LogP) is 6.20. The molecule has 1 amide bonds. The maximum absolute atomic E-state index is 13.2. The van der Waals surface area contributed by atoms with E-state index in [-0.39, 0.29) is 11.7 Å². The largest absolute Gasteiger partial charge is 0.330 e. The third-order valence-electron chi connectivity index (χ3n) is 4.43. The standard InChI is InChI=1S/C22H16N4OS3/c27-20(14-28-22-25-24-21(30-22)23-15-8-2-1-3-9-15)26-16-10-4-6-12-18(16)29-19-13-7-5-11-17(19)26/h1-13H,14H2,(H,23,24). The highest BCUT2D eigenvalue weighted by Crippen LogP contribution is 2.48. The summed E-state index contributed by atoms with van der Waals surface area (Å²) in [6.07, 6.45) is 0. The van der Waals surface area contributed by atoms with E-state index in [1.54, 1.807) is 11.8 Å². The number of rotatable bonds is 5. The lowest BCUT2D eigenvalue weighted by Crippen LogP contribution is -2.29. The topological polar surface area (TPSA) is 58.1 Å². The molecule has 0 unspecified atom stereocenters. The van der Waals surface area contributed by atoms with Crippen LogP contribution in [0, 0.1) is 0 Å². The number of anilines is 4. The fourth-order valence-corrected chi connectivity index (χ4v) is 5.80. The maximum atomic E-state index is 13.2. The molecular formula is C22H16N4OS3. The van der Waals surface area contributed by atoms with E-state index in [0.717, 1.165) is 31.2 Å². The van der Waals surface area contributed by atoms with E-state index in [0.29, 0.717) is 5.13 Å². The van der Waals surface area contributed by atoms with Crippen LogP contribution >= 0.6 is 34.9 Å². The molecule has 0 bridgehead atoms. The summed E-state index contributed by atoms with van der Waals surface area (Å²) in [7, 11) is 0. The molecule has 148 valence electrons. The molecule has 5 nitrogen and oxygen atoms in total. The van der Waals surface area contributed by atoms with Gasteiger partial charge in [-0.15, -0.1) is 10.2 Å². The smallest absolute Gasteiger partial charge is 0.242 e. The van der Waals surface area contributed by atoms with Gasteiger partial charge in [-0.2, -0.15) is 0 Å². The van der Waals surface area contributed by atoms with Crippen molar-refractivity contribution in [1.29, 1.82) is 0 Å². The average molecular weight is 449 g/mol. The summed E-state index contributed by atoms with van der Waals surface area (Å²) in [6.45, 7) is 0. The number of nitrogens with one attached hydrogen (secondary N) is 1. The van der Waals surface area contributed by atoms with Gasteiger partial charge >= 0.3 is 0 Å². The number of nitrogens with zero attached hydrogens (tertiary/aromatic N) is 3. The SMILES string of the molecule is O=C(CSc1nnc(Nc2ccccc2)s1)N1c2ccccc2Sc2ccccc21. The van der Waals surface area contributed by atoms with Crippen molar-refractivity contribution in [3.05, 3.63) is 78.9 Å². The van der Waals surface area contributed by atoms with Gasteiger partial charge in [0.15, 0.2) is 4.34 Å². The van der Waals surface area contributed by atoms with E-state index in [2.05, 4.69) is 27.6 Å². The van der Waals surface area contributed by atoms with Gasteiger partial charge in [0.05, 0.1) is 17.1 Å². The number of carbonyl (C=O) groups is 1. The van der Waals surface area contributed by atoms with Gasteiger partial charge in [0.1, 0.15) is 0 Å². The fourth-order valence-electron chi connectivity index (χ4n) is 3.12. The zero-order chi connectivity index (χ0) is 20.3. The van der Waals surface area contributed by atoms with Gasteiger partial charge < -0.3 is 5.32 Å². The third-order valence-corrected chi connectivity index (χ3v) is 7.52. The first-order valence-electron chi connectivity index (χ1n) is 9.25. The molecule has 4 aromatic rings. The van der Waals surface area contributed by atoms with Crippen molar-refractivity contribution in [2.24, 2.45) is 0 Å². The minimum absolute atomic E-state index is 0.0213. The number of hydrogen-bond acceptors (Lipinski definition) is 7. The third kappa shape index (κ3) is 3.94. The lowest BCUT2D eigenvalue weighted by Gasteiger charge is -2.30. The molecule has 3 aromatic carbocycles. The minimum Gasteiger partial charge on any atom is -0.330 e. The Labute approximate surface area is 186 Å². The van der Waals surface area contributed by atoms with Gasteiger partial charge in [-0.25, -0.2) is 0 Å². The quantitative estimate of drug-likeness (QED) is 0.367. The van der Waals surface area contributed by atoms with E-state index in [1.165, 1.54) is 23.1 Å². The maximum Gasteiger partial charge on any atom is 0.242 e. The zero-order valence-corrected chi connectivity index (χ0v) is 18.1. The Morgan fingerprint density at radius 3 is 2.20 bits per heavy atom. The Balaban J connectivity index is 1.32. The van der Waals surface area contributed by atoms with Crippen LogP contribution < -0.4 is 10.2 Å².